The molecule has 1 aromatic carbocycles. The number of hydrogen-bond donors (Lipinski definition) is 1. The lowest BCUT2D eigenvalue weighted by Crippen LogP contribution is -2.08. The predicted octanol–water partition coefficient (Wildman–Crippen LogP) is 5.46. The summed E-state index contributed by atoms with van der Waals surface area (Å²) >= 11 is 6.17. The quantitative estimate of drug-likeness (QED) is 0.251. The lowest BCUT2D eigenvalue weighted by Gasteiger charge is -2.09. The Kier molecular flexibility index (Phi) is 10.2. The summed E-state index contributed by atoms with van der Waals surface area (Å²) in [5.41, 5.74) is 5.25. The van der Waals surface area contributed by atoms with E-state index in [9.17, 15) is 13.2 Å². The lowest BCUT2D eigenvalue weighted by atomic mass is 10.1. The molecular formula is C22H22ClF3N4O. The molecule has 31 heavy (non-hydrogen) atoms. The molecule has 1 heterocycles. The van der Waals surface area contributed by atoms with Crippen molar-refractivity contribution < 1.29 is 18.0 Å². The molecule has 0 saturated heterocycles. The molecular weight excluding hydrogens is 429 g/mol. The van der Waals surface area contributed by atoms with Crippen molar-refractivity contribution in [3.8, 4) is 5.69 Å². The number of halogens is 4. The second kappa shape index (κ2) is 12.3. The largest absolute Gasteiger partial charge is 0.435 e. The predicted molar refractivity (Wildman–Crippen MR) is 118 cm³/mol. The Morgan fingerprint density at radius 3 is 2.42 bits per heavy atom. The van der Waals surface area contributed by atoms with E-state index < -0.39 is 11.9 Å². The zero-order chi connectivity index (χ0) is 23.4. The van der Waals surface area contributed by atoms with Gasteiger partial charge >= 0.3 is 6.18 Å². The van der Waals surface area contributed by atoms with Gasteiger partial charge in [0.05, 0.1) is 10.7 Å². The minimum absolute atomic E-state index is 0.173. The molecule has 0 atom stereocenters. The van der Waals surface area contributed by atoms with Crippen LogP contribution in [0, 0.1) is 0 Å². The molecule has 1 aromatic heterocycles. The second-order valence-electron chi connectivity index (χ2n) is 5.95. The molecule has 0 unspecified atom stereocenters. The topological polar surface area (TPSA) is 73.3 Å². The van der Waals surface area contributed by atoms with Crippen LogP contribution in [0.4, 0.5) is 13.2 Å². The summed E-state index contributed by atoms with van der Waals surface area (Å²) in [6.07, 6.45) is 3.10. The Morgan fingerprint density at radius 2 is 1.90 bits per heavy atom. The van der Waals surface area contributed by atoms with Crippen LogP contribution in [0.3, 0.4) is 0 Å². The molecule has 0 fully saturated rings. The van der Waals surface area contributed by atoms with Gasteiger partial charge in [-0.25, -0.2) is 4.68 Å². The smallest absolute Gasteiger partial charge is 0.372 e. The Balaban J connectivity index is 0.00000151. The third kappa shape index (κ3) is 7.75. The zero-order valence-electron chi connectivity index (χ0n) is 16.6. The Morgan fingerprint density at radius 1 is 1.26 bits per heavy atom. The van der Waals surface area contributed by atoms with E-state index >= 15 is 0 Å². The van der Waals surface area contributed by atoms with Crippen molar-refractivity contribution in [2.24, 2.45) is 10.7 Å². The molecule has 0 aliphatic carbocycles. The van der Waals surface area contributed by atoms with Crippen LogP contribution in [0.2, 0.25) is 5.02 Å². The number of hydrogen-bond acceptors (Lipinski definition) is 3. The van der Waals surface area contributed by atoms with Gasteiger partial charge < -0.3 is 5.73 Å². The molecule has 5 nitrogen and oxygen atoms in total. The molecule has 0 bridgehead atoms. The van der Waals surface area contributed by atoms with E-state index in [1.807, 2.05) is 0 Å². The molecule has 164 valence electrons. The van der Waals surface area contributed by atoms with Crippen molar-refractivity contribution in [1.29, 1.82) is 0 Å². The maximum absolute atomic E-state index is 13.2. The Hall–Kier alpha value is -3.39. The molecule has 2 aromatic rings. The fraction of sp³-hybridized carbons (Fsp3) is 0.136. The third-order valence-corrected chi connectivity index (χ3v) is 4.17. The number of alkyl halides is 3. The maximum Gasteiger partial charge on any atom is 0.435 e. The summed E-state index contributed by atoms with van der Waals surface area (Å²) in [6.45, 7) is 10.9. The Bertz CT molecular complexity index is 991. The number of para-hydroxylation sites is 1. The van der Waals surface area contributed by atoms with Crippen molar-refractivity contribution in [3.63, 3.8) is 0 Å². The molecule has 0 saturated carbocycles. The van der Waals surface area contributed by atoms with Crippen molar-refractivity contribution in [3.05, 3.63) is 95.5 Å². The molecule has 0 spiro atoms. The molecule has 0 aliphatic rings. The highest BCUT2D eigenvalue weighted by atomic mass is 35.5. The number of carbonyl (C=O) groups excluding carboxylic acids is 1. The van der Waals surface area contributed by atoms with E-state index in [-0.39, 0.29) is 12.8 Å². The van der Waals surface area contributed by atoms with Gasteiger partial charge in [-0.2, -0.15) is 18.3 Å². The molecule has 2 N–H and O–H groups in total. The SMILES string of the molecule is C=CC/C(=C\C=C(/C=C)Cc1cc(C(F)(F)F)nn1-c1ccccc1Cl)N=C.NC=O. The molecule has 0 radical (unpaired) electrons. The maximum atomic E-state index is 13.2. The standard InChI is InChI=1S/C21H19ClF3N3.CH3NO/c1-4-8-16(26-3)12-11-15(5-2)13-17-14-20(21(23,24)25)27-28(17)19-10-7-6-9-18(19)22;2-1-3/h4-7,9-12,14H,1-3,8,13H2;1H,(H2,2,3)/b15-11+,16-12+;. The van der Waals surface area contributed by atoms with Gasteiger partial charge in [0.15, 0.2) is 5.69 Å². The second-order valence-corrected chi connectivity index (χ2v) is 6.36. The number of rotatable bonds is 8. The first-order valence-electron chi connectivity index (χ1n) is 8.88. The Labute approximate surface area is 183 Å². The number of allylic oxidation sites excluding steroid dienone is 5. The van der Waals surface area contributed by atoms with Gasteiger partial charge in [-0.3, -0.25) is 9.79 Å². The molecule has 1 amide bonds. The minimum atomic E-state index is -4.57. The fourth-order valence-electron chi connectivity index (χ4n) is 2.46. The summed E-state index contributed by atoms with van der Waals surface area (Å²) in [7, 11) is 0. The van der Waals surface area contributed by atoms with E-state index in [1.165, 1.54) is 4.68 Å². The van der Waals surface area contributed by atoms with Gasteiger partial charge in [0.1, 0.15) is 0 Å². The van der Waals surface area contributed by atoms with E-state index in [1.54, 1.807) is 48.6 Å². The summed E-state index contributed by atoms with van der Waals surface area (Å²) in [5.74, 6) is 0. The summed E-state index contributed by atoms with van der Waals surface area (Å²) < 4.78 is 40.9. The highest BCUT2D eigenvalue weighted by molar-refractivity contribution is 6.32. The first-order valence-corrected chi connectivity index (χ1v) is 9.25. The van der Waals surface area contributed by atoms with Gasteiger partial charge in [-0.05, 0) is 36.6 Å². The van der Waals surface area contributed by atoms with Crippen molar-refractivity contribution >= 4 is 24.7 Å². The van der Waals surface area contributed by atoms with Gasteiger partial charge in [0, 0.05) is 24.2 Å². The van der Waals surface area contributed by atoms with Crippen molar-refractivity contribution in [1.82, 2.24) is 9.78 Å². The summed E-state index contributed by atoms with van der Waals surface area (Å²) in [6, 6.07) is 7.61. The van der Waals surface area contributed by atoms with E-state index in [2.05, 4.69) is 35.7 Å². The van der Waals surface area contributed by atoms with Crippen LogP contribution in [0.15, 0.2) is 84.1 Å². The number of aromatic nitrogens is 2. The summed E-state index contributed by atoms with van der Waals surface area (Å²) in [5, 5.41) is 4.03. The molecule has 0 aliphatic heterocycles. The number of aliphatic imine (C=N–C) groups is 1. The van der Waals surface area contributed by atoms with E-state index in [4.69, 9.17) is 16.4 Å². The third-order valence-electron chi connectivity index (χ3n) is 3.85. The summed E-state index contributed by atoms with van der Waals surface area (Å²) in [4.78, 5) is 12.5. The minimum Gasteiger partial charge on any atom is -0.372 e. The van der Waals surface area contributed by atoms with E-state index in [0.29, 0.717) is 34.1 Å². The molecule has 2 rings (SSSR count). The van der Waals surface area contributed by atoms with Gasteiger partial charge in [0.2, 0.25) is 6.41 Å². The normalized spacial score (nSPS) is 11.9. The highest BCUT2D eigenvalue weighted by Gasteiger charge is 2.35. The number of nitrogens with zero attached hydrogens (tertiary/aromatic N) is 3. The number of amides is 1. The number of primary amides is 1. The van der Waals surface area contributed by atoms with Gasteiger partial charge in [-0.15, -0.1) is 6.58 Å². The van der Waals surface area contributed by atoms with Gasteiger partial charge in [0.25, 0.3) is 0 Å². The zero-order valence-corrected chi connectivity index (χ0v) is 17.4. The van der Waals surface area contributed by atoms with Crippen LogP contribution in [0.25, 0.3) is 5.69 Å². The number of nitrogens with two attached hydrogens (primary N) is 1. The van der Waals surface area contributed by atoms with Crippen LogP contribution < -0.4 is 5.73 Å². The van der Waals surface area contributed by atoms with E-state index in [0.717, 1.165) is 6.07 Å². The highest BCUT2D eigenvalue weighted by Crippen LogP contribution is 2.31. The van der Waals surface area contributed by atoms with Crippen LogP contribution in [0.1, 0.15) is 17.8 Å². The van der Waals surface area contributed by atoms with Crippen LogP contribution in [-0.2, 0) is 17.4 Å². The fourth-order valence-corrected chi connectivity index (χ4v) is 2.68. The monoisotopic (exact) mass is 450 g/mol. The van der Waals surface area contributed by atoms with Crippen molar-refractivity contribution in [2.45, 2.75) is 19.0 Å². The van der Waals surface area contributed by atoms with Gasteiger partial charge in [-0.1, -0.05) is 48.5 Å². The number of benzene rings is 1. The average Bonchev–Trinajstić information content (AvgIpc) is 3.15. The van der Waals surface area contributed by atoms with Crippen molar-refractivity contribution in [2.75, 3.05) is 0 Å². The first kappa shape index (κ1) is 25.6. The molecule has 9 heteroatoms. The van der Waals surface area contributed by atoms with Crippen LogP contribution in [0.5, 0.6) is 0 Å². The van der Waals surface area contributed by atoms with Crippen LogP contribution in [-0.4, -0.2) is 22.9 Å². The van der Waals surface area contributed by atoms with Crippen LogP contribution >= 0.6 is 11.6 Å². The first-order chi connectivity index (χ1) is 14.7. The lowest BCUT2D eigenvalue weighted by molar-refractivity contribution is -0.141. The number of carbonyl (C=O) groups is 1. The average molecular weight is 451 g/mol.